The summed E-state index contributed by atoms with van der Waals surface area (Å²) in [6.07, 6.45) is -3.33. The molecule has 22 heavy (non-hydrogen) atoms. The maximum atomic E-state index is 12.7. The molecular formula is C15H15F3N2O2. The van der Waals surface area contributed by atoms with E-state index in [4.69, 9.17) is 0 Å². The molecule has 0 fully saturated rings. The van der Waals surface area contributed by atoms with Crippen LogP contribution >= 0.6 is 0 Å². The van der Waals surface area contributed by atoms with E-state index in [2.05, 4.69) is 9.97 Å². The summed E-state index contributed by atoms with van der Waals surface area (Å²) < 4.78 is 38.1. The normalized spacial score (nSPS) is 13.6. The number of alkyl halides is 3. The average Bonchev–Trinajstić information content (AvgIpc) is 2.36. The fourth-order valence-corrected chi connectivity index (χ4v) is 1.72. The lowest BCUT2D eigenvalue weighted by molar-refractivity contribution is -0.137. The van der Waals surface area contributed by atoms with Crippen LogP contribution in [0, 0.1) is 5.41 Å². The van der Waals surface area contributed by atoms with Gasteiger partial charge in [-0.25, -0.2) is 4.98 Å². The summed E-state index contributed by atoms with van der Waals surface area (Å²) in [5.74, 6) is -0.0863. The molecule has 0 atom stereocenters. The number of halogens is 3. The number of benzene rings is 1. The van der Waals surface area contributed by atoms with E-state index in [9.17, 15) is 23.1 Å². The number of nitrogens with one attached hydrogen (secondary N) is 1. The first-order valence-electron chi connectivity index (χ1n) is 6.51. The SMILES string of the molecule is CC(C)(C)/C(O)=C\c1nc2cc(C(F)(F)F)ccc2[nH]c1=O. The summed E-state index contributed by atoms with van der Waals surface area (Å²) in [6, 6.07) is 2.89. The van der Waals surface area contributed by atoms with Crippen LogP contribution in [0.15, 0.2) is 28.8 Å². The van der Waals surface area contributed by atoms with Crippen molar-refractivity contribution >= 4 is 17.1 Å². The molecule has 0 aliphatic heterocycles. The van der Waals surface area contributed by atoms with E-state index in [-0.39, 0.29) is 22.5 Å². The van der Waals surface area contributed by atoms with Crippen LogP contribution in [0.4, 0.5) is 13.2 Å². The first-order valence-corrected chi connectivity index (χ1v) is 6.51. The summed E-state index contributed by atoms with van der Waals surface area (Å²) in [4.78, 5) is 18.3. The third kappa shape index (κ3) is 3.29. The van der Waals surface area contributed by atoms with Crippen LogP contribution in [0.1, 0.15) is 32.0 Å². The minimum Gasteiger partial charge on any atom is -0.512 e. The molecule has 0 saturated carbocycles. The van der Waals surface area contributed by atoms with E-state index in [1.807, 2.05) is 0 Å². The molecule has 0 saturated heterocycles. The lowest BCUT2D eigenvalue weighted by Gasteiger charge is -2.16. The van der Waals surface area contributed by atoms with Gasteiger partial charge in [0, 0.05) is 11.5 Å². The molecule has 1 aromatic heterocycles. The Hall–Kier alpha value is -2.31. The molecule has 2 rings (SSSR count). The predicted molar refractivity (Wildman–Crippen MR) is 77.4 cm³/mol. The van der Waals surface area contributed by atoms with E-state index in [1.54, 1.807) is 20.8 Å². The van der Waals surface area contributed by atoms with Crippen molar-refractivity contribution in [2.75, 3.05) is 0 Å². The second-order valence-corrected chi connectivity index (χ2v) is 5.96. The fraction of sp³-hybridized carbons (Fsp3) is 0.333. The highest BCUT2D eigenvalue weighted by Gasteiger charge is 2.30. The molecule has 1 aromatic carbocycles. The van der Waals surface area contributed by atoms with Crippen LogP contribution < -0.4 is 5.56 Å². The van der Waals surface area contributed by atoms with Crippen molar-refractivity contribution in [2.24, 2.45) is 5.41 Å². The highest BCUT2D eigenvalue weighted by atomic mass is 19.4. The minimum absolute atomic E-state index is 0.00221. The Morgan fingerprint density at radius 2 is 1.91 bits per heavy atom. The topological polar surface area (TPSA) is 66.0 Å². The van der Waals surface area contributed by atoms with Crippen molar-refractivity contribution in [3.63, 3.8) is 0 Å². The first kappa shape index (κ1) is 16.1. The summed E-state index contributed by atoms with van der Waals surface area (Å²) in [5, 5.41) is 9.91. The van der Waals surface area contributed by atoms with E-state index >= 15 is 0 Å². The molecule has 2 N–H and O–H groups in total. The molecule has 118 valence electrons. The van der Waals surface area contributed by atoms with Crippen molar-refractivity contribution in [2.45, 2.75) is 26.9 Å². The van der Waals surface area contributed by atoms with Crippen molar-refractivity contribution in [3.05, 3.63) is 45.6 Å². The maximum Gasteiger partial charge on any atom is 0.416 e. The Balaban J connectivity index is 2.63. The monoisotopic (exact) mass is 312 g/mol. The van der Waals surface area contributed by atoms with Gasteiger partial charge >= 0.3 is 6.18 Å². The summed E-state index contributed by atoms with van der Waals surface area (Å²) in [7, 11) is 0. The van der Waals surface area contributed by atoms with Gasteiger partial charge in [0.2, 0.25) is 0 Å². The van der Waals surface area contributed by atoms with Crippen LogP contribution in [-0.4, -0.2) is 15.1 Å². The Kier molecular flexibility index (Phi) is 3.76. The van der Waals surface area contributed by atoms with Crippen LogP contribution in [0.3, 0.4) is 0 Å². The van der Waals surface area contributed by atoms with Gasteiger partial charge in [0.25, 0.3) is 5.56 Å². The zero-order valence-electron chi connectivity index (χ0n) is 12.2. The Morgan fingerprint density at radius 1 is 1.27 bits per heavy atom. The standard InChI is InChI=1S/C15H15F3N2O2/c1-14(2,3)12(21)7-11-13(22)20-9-5-4-8(15(16,17)18)6-10(9)19-11/h4-7,21H,1-3H3,(H,20,22)/b12-7+. The Morgan fingerprint density at radius 3 is 2.45 bits per heavy atom. The summed E-state index contributed by atoms with van der Waals surface area (Å²) in [6.45, 7) is 5.20. The quantitative estimate of drug-likeness (QED) is 0.785. The minimum atomic E-state index is -4.49. The van der Waals surface area contributed by atoms with E-state index in [0.717, 1.165) is 18.2 Å². The van der Waals surface area contributed by atoms with Crippen molar-refractivity contribution in [3.8, 4) is 0 Å². The molecule has 0 unspecified atom stereocenters. The molecule has 7 heteroatoms. The van der Waals surface area contributed by atoms with Gasteiger partial charge in [-0.15, -0.1) is 0 Å². The second kappa shape index (κ2) is 5.15. The summed E-state index contributed by atoms with van der Waals surface area (Å²) in [5.41, 5.74) is -1.97. The van der Waals surface area contributed by atoms with Gasteiger partial charge in [0.15, 0.2) is 0 Å². The van der Waals surface area contributed by atoms with Crippen LogP contribution in [0.2, 0.25) is 0 Å². The van der Waals surface area contributed by atoms with Crippen molar-refractivity contribution in [1.82, 2.24) is 9.97 Å². The first-order chi connectivity index (χ1) is 9.98. The number of allylic oxidation sites excluding steroid dienone is 1. The second-order valence-electron chi connectivity index (χ2n) is 5.96. The van der Waals surface area contributed by atoms with Crippen LogP contribution in [-0.2, 0) is 6.18 Å². The molecule has 0 spiro atoms. The smallest absolute Gasteiger partial charge is 0.416 e. The van der Waals surface area contributed by atoms with Gasteiger partial charge < -0.3 is 10.1 Å². The van der Waals surface area contributed by atoms with Crippen molar-refractivity contribution in [1.29, 1.82) is 0 Å². The van der Waals surface area contributed by atoms with E-state index in [1.165, 1.54) is 6.08 Å². The number of fused-ring (bicyclic) bond motifs is 1. The van der Waals surface area contributed by atoms with Crippen molar-refractivity contribution < 1.29 is 18.3 Å². The number of aromatic amines is 1. The number of aliphatic hydroxyl groups is 1. The van der Waals surface area contributed by atoms with E-state index in [0.29, 0.717) is 0 Å². The molecule has 0 aliphatic rings. The van der Waals surface area contributed by atoms with Gasteiger partial charge in [-0.1, -0.05) is 20.8 Å². The van der Waals surface area contributed by atoms with Gasteiger partial charge in [0.05, 0.1) is 22.4 Å². The van der Waals surface area contributed by atoms with Gasteiger partial charge in [0.1, 0.15) is 5.69 Å². The molecule has 1 heterocycles. The maximum absolute atomic E-state index is 12.7. The molecule has 2 aromatic rings. The number of hydrogen-bond donors (Lipinski definition) is 2. The Labute approximate surface area is 124 Å². The predicted octanol–water partition coefficient (Wildman–Crippen LogP) is 3.89. The molecule has 0 bridgehead atoms. The molecule has 0 aliphatic carbocycles. The molecule has 4 nitrogen and oxygen atoms in total. The van der Waals surface area contributed by atoms with Crippen LogP contribution in [0.25, 0.3) is 17.1 Å². The number of rotatable bonds is 1. The van der Waals surface area contributed by atoms with Gasteiger partial charge in [-0.3, -0.25) is 4.79 Å². The number of aliphatic hydroxyl groups excluding tert-OH is 1. The third-order valence-electron chi connectivity index (χ3n) is 3.09. The largest absolute Gasteiger partial charge is 0.512 e. The highest BCUT2D eigenvalue weighted by Crippen LogP contribution is 2.30. The van der Waals surface area contributed by atoms with Crippen LogP contribution in [0.5, 0.6) is 0 Å². The molecule has 0 amide bonds. The third-order valence-corrected chi connectivity index (χ3v) is 3.09. The van der Waals surface area contributed by atoms with E-state index < -0.39 is 22.7 Å². The molecule has 0 radical (unpaired) electrons. The van der Waals surface area contributed by atoms with Gasteiger partial charge in [-0.05, 0) is 18.2 Å². The number of nitrogens with zero attached hydrogens (tertiary/aromatic N) is 1. The lowest BCUT2D eigenvalue weighted by atomic mass is 9.93. The highest BCUT2D eigenvalue weighted by molar-refractivity contribution is 5.76. The number of hydrogen-bond acceptors (Lipinski definition) is 3. The van der Waals surface area contributed by atoms with Gasteiger partial charge in [-0.2, -0.15) is 13.2 Å². The number of H-pyrrole nitrogens is 1. The average molecular weight is 312 g/mol. The Bertz CT molecular complexity index is 799. The zero-order valence-corrected chi connectivity index (χ0v) is 12.2. The summed E-state index contributed by atoms with van der Waals surface area (Å²) >= 11 is 0. The lowest BCUT2D eigenvalue weighted by Crippen LogP contribution is -2.15. The fourth-order valence-electron chi connectivity index (χ4n) is 1.72. The molecular weight excluding hydrogens is 297 g/mol. The zero-order chi connectivity index (χ0) is 16.7. The number of aromatic nitrogens is 2.